The van der Waals surface area contributed by atoms with E-state index in [9.17, 15) is 10.2 Å². The van der Waals surface area contributed by atoms with Gasteiger partial charge in [-0.15, -0.1) is 0 Å². The molecule has 0 spiro atoms. The number of aliphatic hydroxyl groups is 2. The van der Waals surface area contributed by atoms with Crippen molar-refractivity contribution in [3.05, 3.63) is 41.3 Å². The van der Waals surface area contributed by atoms with Crippen LogP contribution in [-0.2, 0) is 6.61 Å². The summed E-state index contributed by atoms with van der Waals surface area (Å²) in [5.41, 5.74) is 2.72. The standard InChI is InChI=1S/C18H22ClN3O2/c1-18(24)5-2-13(3-6-18)22-16-9-17(19)21-10-14(16)15-8-12(11-23)4-7-20-15/h4,7-10,13,23-24H,2-3,5-6,11H2,1H3,(H,21,22). The van der Waals surface area contributed by atoms with E-state index in [1.807, 2.05) is 13.0 Å². The maximum atomic E-state index is 10.1. The second-order valence-corrected chi connectivity index (χ2v) is 7.06. The zero-order valence-corrected chi connectivity index (χ0v) is 14.4. The summed E-state index contributed by atoms with van der Waals surface area (Å²) in [7, 11) is 0. The molecule has 1 aliphatic carbocycles. The number of aromatic nitrogens is 2. The van der Waals surface area contributed by atoms with Crippen LogP contribution in [0.4, 0.5) is 5.69 Å². The van der Waals surface area contributed by atoms with Crippen LogP contribution in [0.3, 0.4) is 0 Å². The van der Waals surface area contributed by atoms with Crippen molar-refractivity contribution in [3.63, 3.8) is 0 Å². The normalized spacial score (nSPS) is 23.9. The van der Waals surface area contributed by atoms with E-state index in [-0.39, 0.29) is 12.6 Å². The van der Waals surface area contributed by atoms with Crippen molar-refractivity contribution in [1.82, 2.24) is 9.97 Å². The van der Waals surface area contributed by atoms with Gasteiger partial charge in [0.05, 0.1) is 17.9 Å². The highest BCUT2D eigenvalue weighted by atomic mass is 35.5. The van der Waals surface area contributed by atoms with Crippen LogP contribution in [-0.4, -0.2) is 31.8 Å². The monoisotopic (exact) mass is 347 g/mol. The van der Waals surface area contributed by atoms with Gasteiger partial charge in [-0.3, -0.25) is 4.98 Å². The number of rotatable bonds is 4. The van der Waals surface area contributed by atoms with Crippen LogP contribution in [0, 0.1) is 0 Å². The Hall–Kier alpha value is -1.69. The maximum Gasteiger partial charge on any atom is 0.131 e. The fourth-order valence-corrected chi connectivity index (χ4v) is 3.24. The molecule has 0 unspecified atom stereocenters. The number of hydrogen-bond acceptors (Lipinski definition) is 5. The SMILES string of the molecule is CC1(O)CCC(Nc2cc(Cl)ncc2-c2cc(CO)ccn2)CC1. The van der Waals surface area contributed by atoms with Crippen molar-refractivity contribution in [2.75, 3.05) is 5.32 Å². The van der Waals surface area contributed by atoms with Gasteiger partial charge in [0, 0.05) is 29.7 Å². The maximum absolute atomic E-state index is 10.1. The molecule has 0 saturated heterocycles. The molecule has 2 aromatic heterocycles. The van der Waals surface area contributed by atoms with Gasteiger partial charge >= 0.3 is 0 Å². The van der Waals surface area contributed by atoms with Gasteiger partial charge in [-0.05, 0) is 56.4 Å². The lowest BCUT2D eigenvalue weighted by Gasteiger charge is -2.34. The third-order valence-electron chi connectivity index (χ3n) is 4.58. The molecule has 0 bridgehead atoms. The van der Waals surface area contributed by atoms with E-state index in [0.717, 1.165) is 48.2 Å². The third kappa shape index (κ3) is 4.04. The fraction of sp³-hybridized carbons (Fsp3) is 0.444. The Balaban J connectivity index is 1.86. The van der Waals surface area contributed by atoms with Crippen molar-refractivity contribution < 1.29 is 10.2 Å². The molecule has 0 atom stereocenters. The predicted molar refractivity (Wildman–Crippen MR) is 94.9 cm³/mol. The van der Waals surface area contributed by atoms with E-state index in [0.29, 0.717) is 5.15 Å². The van der Waals surface area contributed by atoms with Gasteiger partial charge < -0.3 is 15.5 Å². The molecule has 24 heavy (non-hydrogen) atoms. The Morgan fingerprint density at radius 2 is 2.04 bits per heavy atom. The van der Waals surface area contributed by atoms with Crippen LogP contribution in [0.25, 0.3) is 11.3 Å². The minimum absolute atomic E-state index is 0.0307. The second-order valence-electron chi connectivity index (χ2n) is 6.68. The van der Waals surface area contributed by atoms with Crippen LogP contribution in [0.5, 0.6) is 0 Å². The molecule has 2 aromatic rings. The fourth-order valence-electron chi connectivity index (χ4n) is 3.08. The van der Waals surface area contributed by atoms with E-state index in [2.05, 4.69) is 15.3 Å². The molecule has 5 nitrogen and oxygen atoms in total. The molecule has 128 valence electrons. The van der Waals surface area contributed by atoms with Gasteiger partial charge in [0.15, 0.2) is 0 Å². The lowest BCUT2D eigenvalue weighted by atomic mass is 9.83. The number of aliphatic hydroxyl groups excluding tert-OH is 1. The molecule has 0 amide bonds. The van der Waals surface area contributed by atoms with Crippen molar-refractivity contribution >= 4 is 17.3 Å². The van der Waals surface area contributed by atoms with Crippen LogP contribution in [0.1, 0.15) is 38.2 Å². The molecular formula is C18H22ClN3O2. The summed E-state index contributed by atoms with van der Waals surface area (Å²) in [5.74, 6) is 0. The lowest BCUT2D eigenvalue weighted by molar-refractivity contribution is 0.0196. The molecule has 6 heteroatoms. The minimum atomic E-state index is -0.562. The summed E-state index contributed by atoms with van der Waals surface area (Å²) >= 11 is 6.07. The van der Waals surface area contributed by atoms with Gasteiger partial charge in [-0.25, -0.2) is 4.98 Å². The average molecular weight is 348 g/mol. The number of pyridine rings is 2. The molecule has 3 N–H and O–H groups in total. The minimum Gasteiger partial charge on any atom is -0.392 e. The highest BCUT2D eigenvalue weighted by Gasteiger charge is 2.29. The summed E-state index contributed by atoms with van der Waals surface area (Å²) in [4.78, 5) is 8.56. The Morgan fingerprint density at radius 3 is 2.75 bits per heavy atom. The second kappa shape index (κ2) is 7.05. The molecule has 1 aliphatic rings. The number of halogens is 1. The Kier molecular flexibility index (Phi) is 5.04. The quantitative estimate of drug-likeness (QED) is 0.739. The summed E-state index contributed by atoms with van der Waals surface area (Å²) in [6.07, 6.45) is 6.73. The largest absolute Gasteiger partial charge is 0.392 e. The summed E-state index contributed by atoms with van der Waals surface area (Å²) in [5, 5.41) is 23.4. The topological polar surface area (TPSA) is 78.3 Å². The average Bonchev–Trinajstić information content (AvgIpc) is 2.57. The van der Waals surface area contributed by atoms with Gasteiger partial charge in [-0.1, -0.05) is 11.6 Å². The van der Waals surface area contributed by atoms with Crippen LogP contribution in [0.15, 0.2) is 30.6 Å². The van der Waals surface area contributed by atoms with E-state index in [1.165, 1.54) is 0 Å². The van der Waals surface area contributed by atoms with Gasteiger partial charge in [0.2, 0.25) is 0 Å². The molecule has 1 saturated carbocycles. The first-order chi connectivity index (χ1) is 11.5. The van der Waals surface area contributed by atoms with Gasteiger partial charge in [0.1, 0.15) is 5.15 Å². The summed E-state index contributed by atoms with van der Waals surface area (Å²) in [6, 6.07) is 5.71. The lowest BCUT2D eigenvalue weighted by Crippen LogP contribution is -2.35. The van der Waals surface area contributed by atoms with Crippen molar-refractivity contribution in [2.24, 2.45) is 0 Å². The number of nitrogens with zero attached hydrogens (tertiary/aromatic N) is 2. The highest BCUT2D eigenvalue weighted by Crippen LogP contribution is 2.33. The zero-order valence-electron chi connectivity index (χ0n) is 13.7. The smallest absolute Gasteiger partial charge is 0.131 e. The Labute approximate surface area is 146 Å². The summed E-state index contributed by atoms with van der Waals surface area (Å²) in [6.45, 7) is 1.86. The first-order valence-corrected chi connectivity index (χ1v) is 8.55. The van der Waals surface area contributed by atoms with E-state index >= 15 is 0 Å². The van der Waals surface area contributed by atoms with E-state index in [1.54, 1.807) is 24.5 Å². The van der Waals surface area contributed by atoms with Crippen LogP contribution >= 0.6 is 11.6 Å². The van der Waals surface area contributed by atoms with E-state index in [4.69, 9.17) is 11.6 Å². The molecule has 0 aromatic carbocycles. The van der Waals surface area contributed by atoms with E-state index < -0.39 is 5.60 Å². The molecular weight excluding hydrogens is 326 g/mol. The molecule has 2 heterocycles. The van der Waals surface area contributed by atoms with Crippen LogP contribution < -0.4 is 5.32 Å². The van der Waals surface area contributed by atoms with Crippen molar-refractivity contribution in [3.8, 4) is 11.3 Å². The summed E-state index contributed by atoms with van der Waals surface area (Å²) < 4.78 is 0. The molecule has 0 aliphatic heterocycles. The van der Waals surface area contributed by atoms with Crippen molar-refractivity contribution in [1.29, 1.82) is 0 Å². The Bertz CT molecular complexity index is 711. The first kappa shape index (κ1) is 17.1. The Morgan fingerprint density at radius 1 is 1.29 bits per heavy atom. The number of nitrogens with one attached hydrogen (secondary N) is 1. The molecule has 1 fully saturated rings. The van der Waals surface area contributed by atoms with Gasteiger partial charge in [0.25, 0.3) is 0 Å². The van der Waals surface area contributed by atoms with Crippen molar-refractivity contribution in [2.45, 2.75) is 50.9 Å². The molecule has 0 radical (unpaired) electrons. The zero-order chi connectivity index (χ0) is 17.2. The first-order valence-electron chi connectivity index (χ1n) is 8.17. The third-order valence-corrected chi connectivity index (χ3v) is 4.78. The van der Waals surface area contributed by atoms with Crippen LogP contribution in [0.2, 0.25) is 5.15 Å². The van der Waals surface area contributed by atoms with Gasteiger partial charge in [-0.2, -0.15) is 0 Å². The predicted octanol–water partition coefficient (Wildman–Crippen LogP) is 3.39. The number of anilines is 1. The number of hydrogen-bond donors (Lipinski definition) is 3. The molecule has 3 rings (SSSR count). The highest BCUT2D eigenvalue weighted by molar-refractivity contribution is 6.29.